The Balaban J connectivity index is 1.66. The van der Waals surface area contributed by atoms with Gasteiger partial charge in [0.1, 0.15) is 16.6 Å². The van der Waals surface area contributed by atoms with Gasteiger partial charge in [0, 0.05) is 43.1 Å². The molecular weight excluding hydrogens is 509 g/mol. The van der Waals surface area contributed by atoms with Gasteiger partial charge in [0.25, 0.3) is 5.92 Å². The van der Waals surface area contributed by atoms with Crippen LogP contribution in [0.4, 0.5) is 24.8 Å². The van der Waals surface area contributed by atoms with Crippen LogP contribution in [0, 0.1) is 5.82 Å². The van der Waals surface area contributed by atoms with Gasteiger partial charge in [0.05, 0.1) is 22.9 Å². The Morgan fingerprint density at radius 2 is 1.95 bits per heavy atom. The third-order valence-electron chi connectivity index (χ3n) is 6.57. The van der Waals surface area contributed by atoms with E-state index in [2.05, 4.69) is 15.3 Å². The minimum atomic E-state index is -2.73. The standard InChI is InChI=1S/C25H24ClF3N6O2/c1-3-15-12-35-22(31-15)17-11-14(27)10-16(13(2)30-18-4-5-19(26)32-21(18)23(36)37)20(17)33-24(35)34-8-6-25(28,29)7-9-34/h4-5,10-13,30H,3,6-9H2,1-2H3,(H,36,37). The van der Waals surface area contributed by atoms with Crippen LogP contribution in [0.2, 0.25) is 5.15 Å². The summed E-state index contributed by atoms with van der Waals surface area (Å²) >= 11 is 5.87. The highest BCUT2D eigenvalue weighted by Gasteiger charge is 2.35. The van der Waals surface area contributed by atoms with Crippen LogP contribution in [0.25, 0.3) is 16.6 Å². The number of carboxylic acid groups (broad SMARTS) is 1. The van der Waals surface area contributed by atoms with Crippen LogP contribution in [0.1, 0.15) is 54.5 Å². The van der Waals surface area contributed by atoms with E-state index in [1.165, 1.54) is 24.3 Å². The zero-order chi connectivity index (χ0) is 26.5. The molecule has 1 aliphatic rings. The van der Waals surface area contributed by atoms with Crippen molar-refractivity contribution in [3.05, 3.63) is 58.4 Å². The second-order valence-corrected chi connectivity index (χ2v) is 9.51. The zero-order valence-electron chi connectivity index (χ0n) is 20.1. The molecular formula is C25H24ClF3N6O2. The van der Waals surface area contributed by atoms with Crippen molar-refractivity contribution in [3.63, 3.8) is 0 Å². The van der Waals surface area contributed by atoms with Gasteiger partial charge in [-0.3, -0.25) is 4.40 Å². The summed E-state index contributed by atoms with van der Waals surface area (Å²) < 4.78 is 44.4. The van der Waals surface area contributed by atoms with Crippen LogP contribution >= 0.6 is 11.6 Å². The van der Waals surface area contributed by atoms with E-state index >= 15 is 0 Å². The normalized spacial score (nSPS) is 16.3. The summed E-state index contributed by atoms with van der Waals surface area (Å²) in [5.74, 6) is -4.06. The number of anilines is 2. The maximum absolute atomic E-state index is 14.9. The molecule has 1 fully saturated rings. The summed E-state index contributed by atoms with van der Waals surface area (Å²) in [6.45, 7) is 3.91. The van der Waals surface area contributed by atoms with Gasteiger partial charge in [-0.1, -0.05) is 18.5 Å². The van der Waals surface area contributed by atoms with Crippen LogP contribution in [0.5, 0.6) is 0 Å². The highest BCUT2D eigenvalue weighted by molar-refractivity contribution is 6.29. The van der Waals surface area contributed by atoms with Crippen molar-refractivity contribution in [1.82, 2.24) is 19.4 Å². The molecule has 0 radical (unpaired) electrons. The van der Waals surface area contributed by atoms with E-state index in [-0.39, 0.29) is 42.5 Å². The van der Waals surface area contributed by atoms with Crippen molar-refractivity contribution in [1.29, 1.82) is 0 Å². The summed E-state index contributed by atoms with van der Waals surface area (Å²) in [6.07, 6.45) is 1.84. The maximum Gasteiger partial charge on any atom is 0.356 e. The first-order valence-corrected chi connectivity index (χ1v) is 12.2. The van der Waals surface area contributed by atoms with Gasteiger partial charge in [-0.2, -0.15) is 0 Å². The van der Waals surface area contributed by atoms with Crippen molar-refractivity contribution >= 4 is 45.8 Å². The van der Waals surface area contributed by atoms with Gasteiger partial charge in [0.2, 0.25) is 5.95 Å². The average Bonchev–Trinajstić information content (AvgIpc) is 3.29. The fraction of sp³-hybridized carbons (Fsp3) is 0.360. The number of hydrogen-bond donors (Lipinski definition) is 2. The van der Waals surface area contributed by atoms with Gasteiger partial charge < -0.3 is 15.3 Å². The minimum Gasteiger partial charge on any atom is -0.476 e. The van der Waals surface area contributed by atoms with E-state index in [4.69, 9.17) is 16.6 Å². The molecule has 0 spiro atoms. The SMILES string of the molecule is CCc1cn2c(N3CCC(F)(F)CC3)nc3c(C(C)Nc4ccc(Cl)nc4C(=O)O)cc(F)cc3c2n1. The topological polar surface area (TPSA) is 95.7 Å². The predicted molar refractivity (Wildman–Crippen MR) is 134 cm³/mol. The molecule has 8 nitrogen and oxygen atoms in total. The Kier molecular flexibility index (Phi) is 6.35. The Morgan fingerprint density at radius 3 is 2.62 bits per heavy atom. The van der Waals surface area contributed by atoms with Gasteiger partial charge >= 0.3 is 5.97 Å². The summed E-state index contributed by atoms with van der Waals surface area (Å²) in [6, 6.07) is 5.01. The van der Waals surface area contributed by atoms with Crippen LogP contribution in [0.15, 0.2) is 30.5 Å². The lowest BCUT2D eigenvalue weighted by Crippen LogP contribution is -2.40. The van der Waals surface area contributed by atoms with Crippen LogP contribution in [-0.2, 0) is 6.42 Å². The van der Waals surface area contributed by atoms with Gasteiger partial charge in [-0.05, 0) is 37.6 Å². The number of nitrogens with one attached hydrogen (secondary N) is 1. The van der Waals surface area contributed by atoms with E-state index in [0.29, 0.717) is 34.5 Å². The lowest BCUT2D eigenvalue weighted by molar-refractivity contribution is -0.0222. The fourth-order valence-electron chi connectivity index (χ4n) is 4.62. The lowest BCUT2D eigenvalue weighted by Gasteiger charge is -2.33. The number of carbonyl (C=O) groups is 1. The van der Waals surface area contributed by atoms with Crippen molar-refractivity contribution in [3.8, 4) is 0 Å². The first-order valence-electron chi connectivity index (χ1n) is 11.9. The smallest absolute Gasteiger partial charge is 0.356 e. The largest absolute Gasteiger partial charge is 0.476 e. The van der Waals surface area contributed by atoms with E-state index in [1.54, 1.807) is 22.4 Å². The van der Waals surface area contributed by atoms with Gasteiger partial charge in [-0.25, -0.2) is 32.9 Å². The molecule has 12 heteroatoms. The number of alkyl halides is 2. The molecule has 1 atom stereocenters. The summed E-state index contributed by atoms with van der Waals surface area (Å²) in [4.78, 5) is 26.9. The molecule has 0 amide bonds. The lowest BCUT2D eigenvalue weighted by atomic mass is 10.0. The first-order chi connectivity index (χ1) is 17.6. The highest BCUT2D eigenvalue weighted by Crippen LogP contribution is 2.35. The predicted octanol–water partition coefficient (Wildman–Crippen LogP) is 5.74. The molecule has 194 valence electrons. The number of imidazole rings is 1. The number of aromatic carboxylic acids is 1. The number of nitrogens with zero attached hydrogens (tertiary/aromatic N) is 5. The number of halogens is 4. The number of carboxylic acids is 1. The second-order valence-electron chi connectivity index (χ2n) is 9.13. The number of aryl methyl sites for hydroxylation is 1. The molecule has 0 aliphatic carbocycles. The van der Waals surface area contributed by atoms with E-state index < -0.39 is 23.8 Å². The zero-order valence-corrected chi connectivity index (χ0v) is 20.9. The monoisotopic (exact) mass is 532 g/mol. The van der Waals surface area contributed by atoms with Gasteiger partial charge in [0.15, 0.2) is 5.69 Å². The molecule has 0 saturated carbocycles. The highest BCUT2D eigenvalue weighted by atomic mass is 35.5. The molecule has 5 rings (SSSR count). The molecule has 3 aromatic heterocycles. The third kappa shape index (κ3) is 4.75. The summed E-state index contributed by atoms with van der Waals surface area (Å²) in [7, 11) is 0. The quantitative estimate of drug-likeness (QED) is 0.306. The van der Waals surface area contributed by atoms with Crippen molar-refractivity contribution < 1.29 is 23.1 Å². The van der Waals surface area contributed by atoms with E-state index in [0.717, 1.165) is 5.69 Å². The van der Waals surface area contributed by atoms with Crippen LogP contribution in [-0.4, -0.2) is 49.4 Å². The van der Waals surface area contributed by atoms with Crippen LogP contribution in [0.3, 0.4) is 0 Å². The molecule has 4 heterocycles. The molecule has 4 aromatic rings. The van der Waals surface area contributed by atoms with Crippen molar-refractivity contribution in [2.75, 3.05) is 23.3 Å². The molecule has 1 aromatic carbocycles. The first kappa shape index (κ1) is 25.1. The molecule has 0 bridgehead atoms. The number of fused-ring (bicyclic) bond motifs is 3. The molecule has 2 N–H and O–H groups in total. The molecule has 37 heavy (non-hydrogen) atoms. The number of pyridine rings is 1. The Morgan fingerprint density at radius 1 is 1.22 bits per heavy atom. The molecule has 1 unspecified atom stereocenters. The van der Waals surface area contributed by atoms with Gasteiger partial charge in [-0.15, -0.1) is 0 Å². The number of aromatic nitrogens is 4. The summed E-state index contributed by atoms with van der Waals surface area (Å²) in [5.41, 5.74) is 2.05. The number of benzene rings is 1. The number of hydrogen-bond acceptors (Lipinski definition) is 6. The molecule has 1 saturated heterocycles. The average molecular weight is 533 g/mol. The van der Waals surface area contributed by atoms with Crippen molar-refractivity contribution in [2.45, 2.75) is 45.1 Å². The third-order valence-corrected chi connectivity index (χ3v) is 6.78. The number of rotatable bonds is 6. The number of piperidine rings is 1. The van der Waals surface area contributed by atoms with Crippen molar-refractivity contribution in [2.24, 2.45) is 0 Å². The Labute approximate surface area is 215 Å². The molecule has 1 aliphatic heterocycles. The Hall–Kier alpha value is -3.60. The van der Waals surface area contributed by atoms with Crippen LogP contribution < -0.4 is 10.2 Å². The minimum absolute atomic E-state index is 0.0265. The summed E-state index contributed by atoms with van der Waals surface area (Å²) in [5, 5.41) is 13.1. The Bertz CT molecular complexity index is 1520. The second kappa shape index (κ2) is 9.37. The maximum atomic E-state index is 14.9. The van der Waals surface area contributed by atoms with E-state index in [9.17, 15) is 23.1 Å². The van der Waals surface area contributed by atoms with E-state index in [1.807, 2.05) is 6.92 Å². The fourth-order valence-corrected chi connectivity index (χ4v) is 4.77.